The predicted molar refractivity (Wildman–Crippen MR) is 76.2 cm³/mol. The number of anilines is 1. The molecule has 0 radical (unpaired) electrons. The van der Waals surface area contributed by atoms with Crippen LogP contribution in [-0.2, 0) is 0 Å². The van der Waals surface area contributed by atoms with E-state index in [1.165, 1.54) is 18.3 Å². The average Bonchev–Trinajstić information content (AvgIpc) is 2.48. The largest absolute Gasteiger partial charge is 0.327 e. The zero-order valence-electron chi connectivity index (χ0n) is 10.9. The molecule has 0 unspecified atom stereocenters. The molecular weight excluding hydrogens is 293 g/mol. The zero-order valence-corrected chi connectivity index (χ0v) is 10.9. The standard InChI is InChI=1S/C12H8FN7O2/c13-7-4-2-1-3-6(7)5-14-19-11-15-9-8(18-20-11)10(21)17-12(22)16-9/h1-5H,(H3,15,16,17,19,20,21,22)/b14-5+. The summed E-state index contributed by atoms with van der Waals surface area (Å²) in [5.74, 6) is -0.484. The summed E-state index contributed by atoms with van der Waals surface area (Å²) in [7, 11) is 0. The molecule has 0 fully saturated rings. The van der Waals surface area contributed by atoms with E-state index in [1.807, 2.05) is 4.98 Å². The van der Waals surface area contributed by atoms with Crippen molar-refractivity contribution in [1.82, 2.24) is 25.1 Å². The Hall–Kier alpha value is -3.43. The van der Waals surface area contributed by atoms with Crippen molar-refractivity contribution in [3.8, 4) is 0 Å². The van der Waals surface area contributed by atoms with Gasteiger partial charge in [-0.3, -0.25) is 14.8 Å². The summed E-state index contributed by atoms with van der Waals surface area (Å²) in [5.41, 5.74) is 1.16. The minimum absolute atomic E-state index is 0.0349. The van der Waals surface area contributed by atoms with Crippen LogP contribution in [-0.4, -0.2) is 31.4 Å². The van der Waals surface area contributed by atoms with Gasteiger partial charge in [-0.25, -0.2) is 14.6 Å². The third-order valence-corrected chi connectivity index (χ3v) is 2.63. The van der Waals surface area contributed by atoms with Crippen molar-refractivity contribution in [3.63, 3.8) is 0 Å². The third kappa shape index (κ3) is 2.70. The molecule has 22 heavy (non-hydrogen) atoms. The maximum absolute atomic E-state index is 13.4. The molecule has 3 rings (SSSR count). The molecule has 0 bridgehead atoms. The topological polar surface area (TPSA) is 129 Å². The fourth-order valence-electron chi connectivity index (χ4n) is 1.65. The number of halogens is 1. The normalized spacial score (nSPS) is 11.1. The highest BCUT2D eigenvalue weighted by Gasteiger charge is 2.06. The minimum Gasteiger partial charge on any atom is -0.290 e. The van der Waals surface area contributed by atoms with E-state index in [-0.39, 0.29) is 22.7 Å². The van der Waals surface area contributed by atoms with Crippen LogP contribution < -0.4 is 16.7 Å². The molecular formula is C12H8FN7O2. The third-order valence-electron chi connectivity index (χ3n) is 2.63. The number of rotatable bonds is 3. The summed E-state index contributed by atoms with van der Waals surface area (Å²) in [6.07, 6.45) is 1.24. The van der Waals surface area contributed by atoms with Gasteiger partial charge in [0.25, 0.3) is 11.5 Å². The van der Waals surface area contributed by atoms with E-state index < -0.39 is 17.1 Å². The number of nitrogens with one attached hydrogen (secondary N) is 3. The van der Waals surface area contributed by atoms with Crippen LogP contribution in [0.25, 0.3) is 11.2 Å². The quantitative estimate of drug-likeness (QED) is 0.461. The van der Waals surface area contributed by atoms with Crippen LogP contribution in [0, 0.1) is 5.82 Å². The molecule has 3 N–H and O–H groups in total. The van der Waals surface area contributed by atoms with E-state index in [0.717, 1.165) is 0 Å². The lowest BCUT2D eigenvalue weighted by molar-refractivity contribution is 0.626. The fourth-order valence-corrected chi connectivity index (χ4v) is 1.65. The number of benzene rings is 1. The van der Waals surface area contributed by atoms with Crippen molar-refractivity contribution in [2.24, 2.45) is 5.10 Å². The van der Waals surface area contributed by atoms with Crippen molar-refractivity contribution in [3.05, 3.63) is 56.5 Å². The number of fused-ring (bicyclic) bond motifs is 1. The lowest BCUT2D eigenvalue weighted by Crippen LogP contribution is -2.23. The monoisotopic (exact) mass is 301 g/mol. The second-order valence-corrected chi connectivity index (χ2v) is 4.13. The average molecular weight is 301 g/mol. The highest BCUT2D eigenvalue weighted by Crippen LogP contribution is 2.04. The highest BCUT2D eigenvalue weighted by atomic mass is 19.1. The molecule has 0 amide bonds. The van der Waals surface area contributed by atoms with Gasteiger partial charge < -0.3 is 0 Å². The summed E-state index contributed by atoms with van der Waals surface area (Å²) in [5, 5.41) is 11.0. The summed E-state index contributed by atoms with van der Waals surface area (Å²) in [6.45, 7) is 0. The van der Waals surface area contributed by atoms with Crippen molar-refractivity contribution in [1.29, 1.82) is 0 Å². The maximum atomic E-state index is 13.4. The summed E-state index contributed by atoms with van der Waals surface area (Å²) >= 11 is 0. The lowest BCUT2D eigenvalue weighted by Gasteiger charge is -1.99. The first kappa shape index (κ1) is 13.5. The summed E-state index contributed by atoms with van der Waals surface area (Å²) in [4.78, 5) is 30.8. The predicted octanol–water partition coefficient (Wildman–Crippen LogP) is -0.0135. The number of hydrogen-bond acceptors (Lipinski definition) is 7. The molecule has 10 heteroatoms. The van der Waals surface area contributed by atoms with Crippen molar-refractivity contribution < 1.29 is 4.39 Å². The Morgan fingerprint density at radius 2 is 2.00 bits per heavy atom. The van der Waals surface area contributed by atoms with Crippen LogP contribution in [0.2, 0.25) is 0 Å². The van der Waals surface area contributed by atoms with Gasteiger partial charge in [-0.05, 0) is 6.07 Å². The molecule has 2 aromatic heterocycles. The van der Waals surface area contributed by atoms with Gasteiger partial charge in [0, 0.05) is 5.56 Å². The van der Waals surface area contributed by atoms with Crippen molar-refractivity contribution >= 4 is 23.3 Å². The Balaban J connectivity index is 1.87. The van der Waals surface area contributed by atoms with Gasteiger partial charge in [0.15, 0.2) is 11.2 Å². The van der Waals surface area contributed by atoms with E-state index in [1.54, 1.807) is 12.1 Å². The molecule has 0 saturated carbocycles. The molecule has 9 nitrogen and oxygen atoms in total. The van der Waals surface area contributed by atoms with Gasteiger partial charge in [0.2, 0.25) is 0 Å². The number of aromatic nitrogens is 5. The molecule has 0 aliphatic carbocycles. The minimum atomic E-state index is -0.709. The molecule has 1 aromatic carbocycles. The highest BCUT2D eigenvalue weighted by molar-refractivity contribution is 5.80. The molecule has 3 aromatic rings. The first-order valence-corrected chi connectivity index (χ1v) is 6.04. The first-order valence-electron chi connectivity index (χ1n) is 6.04. The molecule has 0 aliphatic rings. The Morgan fingerprint density at radius 1 is 1.18 bits per heavy atom. The molecule has 0 aliphatic heterocycles. The van der Waals surface area contributed by atoms with E-state index in [2.05, 4.69) is 30.7 Å². The SMILES string of the molecule is O=c1[nH]c(=O)c2nnc(N/N=C/c3ccccc3F)nc2[nH]1. The first-order chi connectivity index (χ1) is 10.6. The Kier molecular flexibility index (Phi) is 3.40. The molecule has 0 atom stereocenters. The molecule has 110 valence electrons. The Bertz CT molecular complexity index is 979. The van der Waals surface area contributed by atoms with Crippen LogP contribution in [0.3, 0.4) is 0 Å². The van der Waals surface area contributed by atoms with Crippen LogP contribution >= 0.6 is 0 Å². The van der Waals surface area contributed by atoms with Crippen LogP contribution in [0.5, 0.6) is 0 Å². The van der Waals surface area contributed by atoms with Crippen LogP contribution in [0.1, 0.15) is 5.56 Å². The smallest absolute Gasteiger partial charge is 0.290 e. The van der Waals surface area contributed by atoms with Crippen LogP contribution in [0.15, 0.2) is 39.0 Å². The molecule has 0 saturated heterocycles. The fraction of sp³-hybridized carbons (Fsp3) is 0. The zero-order chi connectivity index (χ0) is 15.5. The molecule has 2 heterocycles. The van der Waals surface area contributed by atoms with Gasteiger partial charge in [-0.15, -0.1) is 10.2 Å². The summed E-state index contributed by atoms with van der Waals surface area (Å²) in [6, 6.07) is 6.06. The second kappa shape index (κ2) is 5.52. The van der Waals surface area contributed by atoms with Gasteiger partial charge in [-0.1, -0.05) is 18.2 Å². The number of nitrogens with zero attached hydrogens (tertiary/aromatic N) is 4. The van der Waals surface area contributed by atoms with E-state index in [9.17, 15) is 14.0 Å². The van der Waals surface area contributed by atoms with Gasteiger partial charge in [-0.2, -0.15) is 10.1 Å². The summed E-state index contributed by atoms with van der Waals surface area (Å²) < 4.78 is 13.4. The van der Waals surface area contributed by atoms with Crippen LogP contribution in [0.4, 0.5) is 10.3 Å². The van der Waals surface area contributed by atoms with Crippen molar-refractivity contribution in [2.45, 2.75) is 0 Å². The lowest BCUT2D eigenvalue weighted by atomic mass is 10.2. The van der Waals surface area contributed by atoms with Gasteiger partial charge in [0.1, 0.15) is 5.82 Å². The van der Waals surface area contributed by atoms with Crippen molar-refractivity contribution in [2.75, 3.05) is 5.43 Å². The Labute approximate surface area is 121 Å². The van der Waals surface area contributed by atoms with E-state index in [4.69, 9.17) is 0 Å². The molecule has 0 spiro atoms. The maximum Gasteiger partial charge on any atom is 0.327 e. The number of H-pyrrole nitrogens is 2. The number of aromatic amines is 2. The second-order valence-electron chi connectivity index (χ2n) is 4.13. The van der Waals surface area contributed by atoms with E-state index in [0.29, 0.717) is 0 Å². The van der Waals surface area contributed by atoms with E-state index >= 15 is 0 Å². The van der Waals surface area contributed by atoms with Gasteiger partial charge >= 0.3 is 5.69 Å². The van der Waals surface area contributed by atoms with Gasteiger partial charge in [0.05, 0.1) is 6.21 Å². The Morgan fingerprint density at radius 3 is 2.82 bits per heavy atom. The number of hydrazone groups is 1. The number of hydrogen-bond donors (Lipinski definition) is 3.